The normalized spacial score (nSPS) is 18.4. The largest absolute Gasteiger partial charge is 0.478 e. The van der Waals surface area contributed by atoms with E-state index in [0.717, 1.165) is 36.9 Å². The molecule has 0 aliphatic heterocycles. The summed E-state index contributed by atoms with van der Waals surface area (Å²) in [4.78, 5) is 16.1. The molecule has 1 heterocycles. The molecule has 1 N–H and O–H groups in total. The molecule has 6 nitrogen and oxygen atoms in total. The highest BCUT2D eigenvalue weighted by Gasteiger charge is 2.25. The van der Waals surface area contributed by atoms with Gasteiger partial charge in [-0.1, -0.05) is 18.2 Å². The summed E-state index contributed by atoms with van der Waals surface area (Å²) in [5.74, 6) is -0.109. The molecule has 0 radical (unpaired) electrons. The molecule has 0 saturated heterocycles. The molecule has 174 valence electrons. The number of ether oxygens (including phenoxy) is 2. The summed E-state index contributed by atoms with van der Waals surface area (Å²) >= 11 is 0. The van der Waals surface area contributed by atoms with Crippen LogP contribution >= 0.6 is 0 Å². The molecule has 1 aliphatic carbocycles. The number of carbonyl (C=O) groups is 1. The van der Waals surface area contributed by atoms with Gasteiger partial charge in [-0.25, -0.2) is 14.2 Å². The average molecular weight is 454 g/mol. The Kier molecular flexibility index (Phi) is 7.20. The molecule has 2 atom stereocenters. The van der Waals surface area contributed by atoms with Crippen molar-refractivity contribution >= 4 is 5.97 Å². The van der Waals surface area contributed by atoms with Gasteiger partial charge < -0.3 is 19.0 Å². The number of benzene rings is 2. The molecule has 1 aromatic heterocycles. The fraction of sp³-hybridized carbons (Fsp3) is 0.385. The van der Waals surface area contributed by atoms with Crippen molar-refractivity contribution in [3.63, 3.8) is 0 Å². The van der Waals surface area contributed by atoms with Crippen LogP contribution in [0.25, 0.3) is 11.5 Å². The second-order valence-corrected chi connectivity index (χ2v) is 8.48. The number of aromatic nitrogens is 1. The first kappa shape index (κ1) is 23.1. The summed E-state index contributed by atoms with van der Waals surface area (Å²) < 4.78 is 31.1. The number of carboxylic acids is 1. The first-order valence-corrected chi connectivity index (χ1v) is 11.2. The van der Waals surface area contributed by atoms with E-state index in [1.165, 1.54) is 12.1 Å². The average Bonchev–Trinajstić information content (AvgIpc) is 3.17. The summed E-state index contributed by atoms with van der Waals surface area (Å²) in [6, 6.07) is 11.5. The topological polar surface area (TPSA) is 81.8 Å². The summed E-state index contributed by atoms with van der Waals surface area (Å²) in [7, 11) is 0. The molecular weight excluding hydrogens is 425 g/mol. The van der Waals surface area contributed by atoms with Crippen molar-refractivity contribution in [1.82, 2.24) is 4.98 Å². The van der Waals surface area contributed by atoms with Gasteiger partial charge in [0, 0.05) is 5.56 Å². The van der Waals surface area contributed by atoms with Gasteiger partial charge in [-0.2, -0.15) is 0 Å². The van der Waals surface area contributed by atoms with E-state index in [0.29, 0.717) is 34.9 Å². The molecule has 4 rings (SSSR count). The third kappa shape index (κ3) is 5.67. The SMILES string of the molecule is Cc1cccc(CO[C@@H]2CCCC(OCc3nc(-c4ccc(F)cc4)oc3C)C2)c1C(=O)O. The molecule has 33 heavy (non-hydrogen) atoms. The number of nitrogens with zero attached hydrogens (tertiary/aromatic N) is 1. The van der Waals surface area contributed by atoms with Gasteiger partial charge >= 0.3 is 5.97 Å². The van der Waals surface area contributed by atoms with E-state index in [4.69, 9.17) is 13.9 Å². The zero-order chi connectivity index (χ0) is 23.4. The van der Waals surface area contributed by atoms with Crippen LogP contribution in [0.2, 0.25) is 0 Å². The molecule has 0 spiro atoms. The van der Waals surface area contributed by atoms with E-state index in [1.807, 2.05) is 13.0 Å². The van der Waals surface area contributed by atoms with Gasteiger partial charge in [0.2, 0.25) is 5.89 Å². The van der Waals surface area contributed by atoms with Gasteiger partial charge in [0.15, 0.2) is 0 Å². The van der Waals surface area contributed by atoms with Crippen LogP contribution in [0.1, 0.15) is 58.6 Å². The number of rotatable bonds is 8. The van der Waals surface area contributed by atoms with Gasteiger partial charge in [0.05, 0.1) is 31.0 Å². The Morgan fingerprint density at radius 1 is 1.09 bits per heavy atom. The van der Waals surface area contributed by atoms with Crippen LogP contribution in [0, 0.1) is 19.7 Å². The third-order valence-corrected chi connectivity index (χ3v) is 6.07. The number of aryl methyl sites for hydroxylation is 2. The van der Waals surface area contributed by atoms with Crippen molar-refractivity contribution in [1.29, 1.82) is 0 Å². The Hall–Kier alpha value is -3.03. The summed E-state index contributed by atoms with van der Waals surface area (Å²) in [6.45, 7) is 4.23. The number of aromatic carboxylic acids is 1. The van der Waals surface area contributed by atoms with Crippen molar-refractivity contribution < 1.29 is 28.2 Å². The molecule has 7 heteroatoms. The monoisotopic (exact) mass is 453 g/mol. The minimum Gasteiger partial charge on any atom is -0.478 e. The third-order valence-electron chi connectivity index (χ3n) is 6.07. The predicted molar refractivity (Wildman–Crippen MR) is 120 cm³/mol. The number of hydrogen-bond acceptors (Lipinski definition) is 5. The molecular formula is C26H28FNO5. The molecule has 1 fully saturated rings. The predicted octanol–water partition coefficient (Wildman–Crippen LogP) is 5.84. The van der Waals surface area contributed by atoms with Gasteiger partial charge in [-0.15, -0.1) is 0 Å². The van der Waals surface area contributed by atoms with Crippen LogP contribution in [-0.4, -0.2) is 28.3 Å². The Bertz CT molecular complexity index is 1110. The van der Waals surface area contributed by atoms with Crippen LogP contribution in [0.3, 0.4) is 0 Å². The second kappa shape index (κ2) is 10.3. The molecule has 2 aromatic carbocycles. The lowest BCUT2D eigenvalue weighted by Crippen LogP contribution is -2.28. The maximum atomic E-state index is 13.2. The van der Waals surface area contributed by atoms with Crippen molar-refractivity contribution in [3.8, 4) is 11.5 Å². The Morgan fingerprint density at radius 2 is 1.79 bits per heavy atom. The molecule has 1 aliphatic rings. The van der Waals surface area contributed by atoms with Crippen molar-refractivity contribution in [2.75, 3.05) is 0 Å². The molecule has 1 saturated carbocycles. The summed E-state index contributed by atoms with van der Waals surface area (Å²) in [5.41, 5.74) is 3.19. The molecule has 0 bridgehead atoms. The smallest absolute Gasteiger partial charge is 0.336 e. The Labute approximate surface area is 192 Å². The number of halogens is 1. The zero-order valence-electron chi connectivity index (χ0n) is 18.8. The maximum absolute atomic E-state index is 13.2. The zero-order valence-corrected chi connectivity index (χ0v) is 18.8. The molecule has 0 amide bonds. The lowest BCUT2D eigenvalue weighted by atomic mass is 9.94. The molecule has 3 aromatic rings. The summed E-state index contributed by atoms with van der Waals surface area (Å²) in [5, 5.41) is 9.51. The highest BCUT2D eigenvalue weighted by Crippen LogP contribution is 2.28. The number of hydrogen-bond donors (Lipinski definition) is 1. The highest BCUT2D eigenvalue weighted by atomic mass is 19.1. The van der Waals surface area contributed by atoms with E-state index >= 15 is 0 Å². The van der Waals surface area contributed by atoms with Crippen LogP contribution in [-0.2, 0) is 22.7 Å². The van der Waals surface area contributed by atoms with Crippen LogP contribution in [0.15, 0.2) is 46.9 Å². The fourth-order valence-electron chi connectivity index (χ4n) is 4.24. The van der Waals surface area contributed by atoms with Gasteiger partial charge in [-0.05, 0) is 74.9 Å². The van der Waals surface area contributed by atoms with Crippen molar-refractivity contribution in [2.24, 2.45) is 0 Å². The van der Waals surface area contributed by atoms with Gasteiger partial charge in [0.1, 0.15) is 17.3 Å². The van der Waals surface area contributed by atoms with Crippen molar-refractivity contribution in [3.05, 3.63) is 76.4 Å². The number of carboxylic acid groups (broad SMARTS) is 1. The lowest BCUT2D eigenvalue weighted by molar-refractivity contribution is -0.0564. The van der Waals surface area contributed by atoms with E-state index in [1.54, 1.807) is 31.2 Å². The standard InChI is InChI=1S/C26H28FNO5/c1-16-5-3-6-19(24(16)26(29)30)14-31-21-7-4-8-22(13-21)32-15-23-17(2)33-25(28-23)18-9-11-20(27)12-10-18/h3,5-6,9-12,21-22H,4,7-8,13-15H2,1-2H3,(H,29,30)/t21-,22?/m1/s1. The van der Waals surface area contributed by atoms with Gasteiger partial charge in [0.25, 0.3) is 0 Å². The van der Waals surface area contributed by atoms with E-state index < -0.39 is 5.97 Å². The second-order valence-electron chi connectivity index (χ2n) is 8.48. The van der Waals surface area contributed by atoms with Crippen LogP contribution in [0.5, 0.6) is 0 Å². The maximum Gasteiger partial charge on any atom is 0.336 e. The van der Waals surface area contributed by atoms with Crippen molar-refractivity contribution in [2.45, 2.75) is 65.0 Å². The first-order valence-electron chi connectivity index (χ1n) is 11.2. The Balaban J connectivity index is 1.32. The van der Waals surface area contributed by atoms with Crippen LogP contribution in [0.4, 0.5) is 4.39 Å². The summed E-state index contributed by atoms with van der Waals surface area (Å²) in [6.07, 6.45) is 3.63. The number of oxazole rings is 1. The Morgan fingerprint density at radius 3 is 2.48 bits per heavy atom. The van der Waals surface area contributed by atoms with E-state index in [9.17, 15) is 14.3 Å². The molecule has 1 unspecified atom stereocenters. The highest BCUT2D eigenvalue weighted by molar-refractivity contribution is 5.91. The first-order chi connectivity index (χ1) is 15.9. The lowest BCUT2D eigenvalue weighted by Gasteiger charge is -2.29. The van der Waals surface area contributed by atoms with E-state index in [-0.39, 0.29) is 24.6 Å². The minimum atomic E-state index is -0.931. The van der Waals surface area contributed by atoms with Gasteiger partial charge in [-0.3, -0.25) is 0 Å². The van der Waals surface area contributed by atoms with E-state index in [2.05, 4.69) is 4.98 Å². The minimum absolute atomic E-state index is 0.0130. The fourth-order valence-corrected chi connectivity index (χ4v) is 4.24. The van der Waals surface area contributed by atoms with Crippen LogP contribution < -0.4 is 0 Å². The quantitative estimate of drug-likeness (QED) is 0.461.